The maximum Gasteiger partial charge on any atom is 0.118 e. The first-order valence-electron chi connectivity index (χ1n) is 7.74. The predicted octanol–water partition coefficient (Wildman–Crippen LogP) is 2.22. The van der Waals surface area contributed by atoms with Crippen LogP contribution < -0.4 is 5.32 Å². The predicted molar refractivity (Wildman–Crippen MR) is 82.8 cm³/mol. The second-order valence-corrected chi connectivity index (χ2v) is 6.13. The quantitative estimate of drug-likeness (QED) is 0.895. The van der Waals surface area contributed by atoms with Crippen LogP contribution in [0.4, 0.5) is 0 Å². The van der Waals surface area contributed by atoms with Crippen LogP contribution in [0, 0.1) is 6.92 Å². The molecule has 4 heteroatoms. The van der Waals surface area contributed by atoms with Crippen molar-refractivity contribution < 1.29 is 4.42 Å². The lowest BCUT2D eigenvalue weighted by Gasteiger charge is -2.42. The van der Waals surface area contributed by atoms with Crippen molar-refractivity contribution in [3.8, 4) is 0 Å². The fourth-order valence-electron chi connectivity index (χ4n) is 2.96. The van der Waals surface area contributed by atoms with Crippen molar-refractivity contribution in [3.63, 3.8) is 0 Å². The smallest absolute Gasteiger partial charge is 0.118 e. The molecule has 2 atom stereocenters. The molecule has 0 aliphatic carbocycles. The first kappa shape index (κ1) is 15.5. The van der Waals surface area contributed by atoms with Gasteiger partial charge in [0.05, 0.1) is 6.54 Å². The summed E-state index contributed by atoms with van der Waals surface area (Å²) < 4.78 is 5.92. The summed E-state index contributed by atoms with van der Waals surface area (Å²) >= 11 is 0. The molecule has 1 fully saturated rings. The maximum atomic E-state index is 5.92. The van der Waals surface area contributed by atoms with Crippen molar-refractivity contribution in [1.29, 1.82) is 0 Å². The van der Waals surface area contributed by atoms with Crippen LogP contribution in [0.25, 0.3) is 0 Å². The molecule has 0 spiro atoms. The molecule has 1 aromatic heterocycles. The molecule has 0 saturated carbocycles. The van der Waals surface area contributed by atoms with Gasteiger partial charge in [0.25, 0.3) is 0 Å². The fraction of sp³-hybridized carbons (Fsp3) is 0.750. The molecule has 0 amide bonds. The van der Waals surface area contributed by atoms with Crippen LogP contribution in [0.5, 0.6) is 0 Å². The van der Waals surface area contributed by atoms with E-state index >= 15 is 0 Å². The largest absolute Gasteiger partial charge is 0.465 e. The van der Waals surface area contributed by atoms with Gasteiger partial charge >= 0.3 is 0 Å². The number of piperazine rings is 1. The minimum Gasteiger partial charge on any atom is -0.465 e. The van der Waals surface area contributed by atoms with Gasteiger partial charge in [0.1, 0.15) is 11.5 Å². The summed E-state index contributed by atoms with van der Waals surface area (Å²) in [6.45, 7) is 13.8. The van der Waals surface area contributed by atoms with Crippen LogP contribution in [0.2, 0.25) is 0 Å². The van der Waals surface area contributed by atoms with Crippen LogP contribution in [0.3, 0.4) is 0 Å². The molecule has 0 aromatic carbocycles. The van der Waals surface area contributed by atoms with Crippen LogP contribution in [0.15, 0.2) is 10.5 Å². The molecular weight excluding hydrogens is 250 g/mol. The molecule has 0 radical (unpaired) electrons. The van der Waals surface area contributed by atoms with Crippen molar-refractivity contribution in [2.75, 3.05) is 26.7 Å². The van der Waals surface area contributed by atoms with E-state index in [0.29, 0.717) is 12.1 Å². The molecule has 0 bridgehead atoms. The Hall–Kier alpha value is -0.840. The third kappa shape index (κ3) is 3.62. The van der Waals surface area contributed by atoms with Gasteiger partial charge in [-0.25, -0.2) is 0 Å². The van der Waals surface area contributed by atoms with Gasteiger partial charge in [-0.1, -0.05) is 6.92 Å². The zero-order valence-corrected chi connectivity index (χ0v) is 13.6. The molecular formula is C16H29N3O. The molecule has 1 aromatic rings. The minimum absolute atomic E-state index is 0.607. The molecule has 4 nitrogen and oxygen atoms in total. The van der Waals surface area contributed by atoms with Crippen molar-refractivity contribution in [1.82, 2.24) is 15.1 Å². The number of aryl methyl sites for hydroxylation is 1. The molecule has 1 aliphatic rings. The SMILES string of the molecule is CCNCc1cc(CN2CC(C)N(C)C(C)C2)oc1C. The van der Waals surface area contributed by atoms with Gasteiger partial charge in [0, 0.05) is 37.3 Å². The van der Waals surface area contributed by atoms with Gasteiger partial charge < -0.3 is 9.73 Å². The van der Waals surface area contributed by atoms with Crippen LogP contribution >= 0.6 is 0 Å². The van der Waals surface area contributed by atoms with E-state index in [1.165, 1.54) is 5.56 Å². The Kier molecular flexibility index (Phi) is 5.24. The Morgan fingerprint density at radius 2 is 1.95 bits per heavy atom. The number of nitrogens with zero attached hydrogens (tertiary/aromatic N) is 2. The molecule has 1 N–H and O–H groups in total. The highest BCUT2D eigenvalue weighted by Gasteiger charge is 2.27. The Labute approximate surface area is 123 Å². The normalized spacial score (nSPS) is 25.2. The molecule has 2 rings (SSSR count). The van der Waals surface area contributed by atoms with Gasteiger partial charge in [-0.3, -0.25) is 9.80 Å². The lowest BCUT2D eigenvalue weighted by Crippen LogP contribution is -2.54. The van der Waals surface area contributed by atoms with Crippen molar-refractivity contribution in [3.05, 3.63) is 23.2 Å². The maximum absolute atomic E-state index is 5.92. The number of nitrogens with one attached hydrogen (secondary N) is 1. The number of likely N-dealkylation sites (N-methyl/N-ethyl adjacent to an activating group) is 1. The van der Waals surface area contributed by atoms with E-state index in [-0.39, 0.29) is 0 Å². The first-order valence-corrected chi connectivity index (χ1v) is 7.74. The van der Waals surface area contributed by atoms with E-state index in [9.17, 15) is 0 Å². The lowest BCUT2D eigenvalue weighted by atomic mass is 10.1. The number of hydrogen-bond donors (Lipinski definition) is 1. The molecule has 2 heterocycles. The number of furan rings is 1. The zero-order valence-electron chi connectivity index (χ0n) is 13.6. The third-order valence-electron chi connectivity index (χ3n) is 4.45. The fourth-order valence-corrected chi connectivity index (χ4v) is 2.96. The third-order valence-corrected chi connectivity index (χ3v) is 4.45. The minimum atomic E-state index is 0.607. The molecule has 1 aliphatic heterocycles. The molecule has 2 unspecified atom stereocenters. The summed E-state index contributed by atoms with van der Waals surface area (Å²) in [4.78, 5) is 4.96. The Morgan fingerprint density at radius 1 is 1.30 bits per heavy atom. The molecule has 1 saturated heterocycles. The topological polar surface area (TPSA) is 31.6 Å². The zero-order chi connectivity index (χ0) is 14.7. The summed E-state index contributed by atoms with van der Waals surface area (Å²) in [5, 5.41) is 3.36. The highest BCUT2D eigenvalue weighted by Crippen LogP contribution is 2.19. The standard InChI is InChI=1S/C16H29N3O/c1-6-17-8-15-7-16(20-14(15)4)11-19-9-12(2)18(5)13(3)10-19/h7,12-13,17H,6,8-11H2,1-5H3. The van der Waals surface area contributed by atoms with Gasteiger partial charge in [-0.05, 0) is 40.4 Å². The second-order valence-electron chi connectivity index (χ2n) is 6.13. The van der Waals surface area contributed by atoms with Crippen molar-refractivity contribution in [2.45, 2.75) is 52.9 Å². The van der Waals surface area contributed by atoms with Crippen LogP contribution in [0.1, 0.15) is 37.9 Å². The summed E-state index contributed by atoms with van der Waals surface area (Å²) in [7, 11) is 2.22. The van der Waals surface area contributed by atoms with Crippen molar-refractivity contribution >= 4 is 0 Å². The average Bonchev–Trinajstić information content (AvgIpc) is 2.73. The van der Waals surface area contributed by atoms with E-state index in [2.05, 4.69) is 55.9 Å². The average molecular weight is 279 g/mol. The van der Waals surface area contributed by atoms with Crippen LogP contribution in [-0.4, -0.2) is 48.6 Å². The van der Waals surface area contributed by atoms with E-state index in [1.54, 1.807) is 0 Å². The number of hydrogen-bond acceptors (Lipinski definition) is 4. The van der Waals surface area contributed by atoms with E-state index in [4.69, 9.17) is 4.42 Å². The highest BCUT2D eigenvalue weighted by atomic mass is 16.3. The van der Waals surface area contributed by atoms with Crippen molar-refractivity contribution in [2.24, 2.45) is 0 Å². The Balaban J connectivity index is 1.96. The Morgan fingerprint density at radius 3 is 2.55 bits per heavy atom. The Bertz CT molecular complexity index is 417. The summed E-state index contributed by atoms with van der Waals surface area (Å²) in [6, 6.07) is 3.43. The van der Waals surface area contributed by atoms with Gasteiger partial charge in [-0.15, -0.1) is 0 Å². The van der Waals surface area contributed by atoms with Crippen LogP contribution in [-0.2, 0) is 13.1 Å². The lowest BCUT2D eigenvalue weighted by molar-refractivity contribution is 0.0517. The van der Waals surface area contributed by atoms with E-state index in [1.807, 2.05) is 0 Å². The monoisotopic (exact) mass is 279 g/mol. The second kappa shape index (κ2) is 6.74. The van der Waals surface area contributed by atoms with E-state index < -0.39 is 0 Å². The van der Waals surface area contributed by atoms with Gasteiger partial charge in [-0.2, -0.15) is 0 Å². The highest BCUT2D eigenvalue weighted by molar-refractivity contribution is 5.20. The molecule has 114 valence electrons. The first-order chi connectivity index (χ1) is 9.51. The van der Waals surface area contributed by atoms with E-state index in [0.717, 1.165) is 44.2 Å². The number of rotatable bonds is 5. The molecule has 20 heavy (non-hydrogen) atoms. The summed E-state index contributed by atoms with van der Waals surface area (Å²) in [6.07, 6.45) is 0. The van der Waals surface area contributed by atoms with Gasteiger partial charge in [0.2, 0.25) is 0 Å². The van der Waals surface area contributed by atoms with Gasteiger partial charge in [0.15, 0.2) is 0 Å². The summed E-state index contributed by atoms with van der Waals surface area (Å²) in [5.74, 6) is 2.15. The summed E-state index contributed by atoms with van der Waals surface area (Å²) in [5.41, 5.74) is 1.29.